The van der Waals surface area contributed by atoms with Gasteiger partial charge >= 0.3 is 6.09 Å². The maximum Gasteiger partial charge on any atom is 0.408 e. The zero-order valence-corrected chi connectivity index (χ0v) is 17.8. The van der Waals surface area contributed by atoms with Crippen LogP contribution in [0.25, 0.3) is 0 Å². The second kappa shape index (κ2) is 9.30. The molecule has 0 spiro atoms. The number of carbonyl (C=O) groups is 2. The van der Waals surface area contributed by atoms with Gasteiger partial charge in [0.2, 0.25) is 5.91 Å². The number of benzene rings is 2. The van der Waals surface area contributed by atoms with Crippen LogP contribution in [0.15, 0.2) is 54.6 Å². The van der Waals surface area contributed by atoms with Gasteiger partial charge in [0.1, 0.15) is 11.6 Å². The highest BCUT2D eigenvalue weighted by atomic mass is 16.6. The van der Waals surface area contributed by atoms with E-state index in [4.69, 9.17) is 4.74 Å². The van der Waals surface area contributed by atoms with E-state index in [1.165, 1.54) is 0 Å². The van der Waals surface area contributed by atoms with Crippen molar-refractivity contribution in [3.8, 4) is 0 Å². The van der Waals surface area contributed by atoms with Crippen molar-refractivity contribution in [1.29, 1.82) is 0 Å². The highest BCUT2D eigenvalue weighted by Crippen LogP contribution is 2.24. The number of aliphatic hydroxyl groups is 1. The average molecular weight is 411 g/mol. The largest absolute Gasteiger partial charge is 0.444 e. The first-order valence-electron chi connectivity index (χ1n) is 10.3. The van der Waals surface area contributed by atoms with Crippen LogP contribution >= 0.6 is 0 Å². The summed E-state index contributed by atoms with van der Waals surface area (Å²) in [5.41, 5.74) is 2.47. The molecule has 3 rings (SSSR count). The minimum absolute atomic E-state index is 0.134. The summed E-state index contributed by atoms with van der Waals surface area (Å²) in [6, 6.07) is 16.4. The summed E-state index contributed by atoms with van der Waals surface area (Å²) in [6.45, 7) is 5.62. The highest BCUT2D eigenvalue weighted by Gasteiger charge is 2.34. The Kier molecular flexibility index (Phi) is 6.77. The molecule has 0 saturated carbocycles. The van der Waals surface area contributed by atoms with Gasteiger partial charge in [0.25, 0.3) is 0 Å². The number of fused-ring (bicyclic) bond motifs is 1. The minimum Gasteiger partial charge on any atom is -0.444 e. The summed E-state index contributed by atoms with van der Waals surface area (Å²) in [5.74, 6) is -0.224. The van der Waals surface area contributed by atoms with Crippen molar-refractivity contribution < 1.29 is 19.4 Å². The molecule has 0 bridgehead atoms. The zero-order valence-electron chi connectivity index (χ0n) is 17.8. The summed E-state index contributed by atoms with van der Waals surface area (Å²) < 4.78 is 5.38. The van der Waals surface area contributed by atoms with Gasteiger partial charge in [-0.1, -0.05) is 54.6 Å². The summed E-state index contributed by atoms with van der Waals surface area (Å²) >= 11 is 0. The van der Waals surface area contributed by atoms with Crippen molar-refractivity contribution in [1.82, 2.24) is 10.2 Å². The SMILES string of the molecule is CC(C)(C)OC(=O)NC(Cc1ccccc1)C(=O)N1Cc2ccccc2C[C@H]1CO. The fourth-order valence-corrected chi connectivity index (χ4v) is 3.71. The molecule has 6 heteroatoms. The molecule has 30 heavy (non-hydrogen) atoms. The van der Waals surface area contributed by atoms with E-state index >= 15 is 0 Å². The number of carbonyl (C=O) groups excluding carboxylic acids is 2. The highest BCUT2D eigenvalue weighted by molar-refractivity contribution is 5.86. The predicted octanol–water partition coefficient (Wildman–Crippen LogP) is 3.07. The number of amides is 2. The quantitative estimate of drug-likeness (QED) is 0.794. The van der Waals surface area contributed by atoms with Gasteiger partial charge in [-0.25, -0.2) is 4.79 Å². The van der Waals surface area contributed by atoms with Crippen LogP contribution in [-0.4, -0.2) is 46.3 Å². The smallest absolute Gasteiger partial charge is 0.408 e. The van der Waals surface area contributed by atoms with Crippen LogP contribution < -0.4 is 5.32 Å². The van der Waals surface area contributed by atoms with E-state index in [9.17, 15) is 14.7 Å². The molecule has 0 fully saturated rings. The molecule has 160 valence electrons. The van der Waals surface area contributed by atoms with E-state index in [2.05, 4.69) is 5.32 Å². The number of rotatable bonds is 5. The summed E-state index contributed by atoms with van der Waals surface area (Å²) in [5, 5.41) is 12.7. The van der Waals surface area contributed by atoms with E-state index in [0.717, 1.165) is 16.7 Å². The van der Waals surface area contributed by atoms with Crippen LogP contribution in [0.4, 0.5) is 4.79 Å². The number of nitrogens with one attached hydrogen (secondary N) is 1. The topological polar surface area (TPSA) is 78.9 Å². The Labute approximate surface area is 177 Å². The van der Waals surface area contributed by atoms with Gasteiger partial charge in [0.15, 0.2) is 0 Å². The maximum absolute atomic E-state index is 13.5. The van der Waals surface area contributed by atoms with E-state index < -0.39 is 17.7 Å². The van der Waals surface area contributed by atoms with Crippen molar-refractivity contribution in [2.75, 3.05) is 6.61 Å². The number of ether oxygens (including phenoxy) is 1. The Morgan fingerprint density at radius 2 is 1.73 bits per heavy atom. The summed E-state index contributed by atoms with van der Waals surface area (Å²) in [4.78, 5) is 27.6. The van der Waals surface area contributed by atoms with Crippen LogP contribution in [-0.2, 0) is 28.9 Å². The molecule has 0 aliphatic carbocycles. The van der Waals surface area contributed by atoms with E-state index in [0.29, 0.717) is 19.4 Å². The van der Waals surface area contributed by atoms with Crippen LogP contribution in [0, 0.1) is 0 Å². The number of hydrogen-bond donors (Lipinski definition) is 2. The van der Waals surface area contributed by atoms with Gasteiger partial charge in [-0.05, 0) is 43.9 Å². The molecule has 1 aliphatic rings. The number of nitrogens with zero attached hydrogens (tertiary/aromatic N) is 1. The molecule has 2 amide bonds. The maximum atomic E-state index is 13.5. The lowest BCUT2D eigenvalue weighted by Crippen LogP contribution is -2.55. The zero-order chi connectivity index (χ0) is 21.7. The molecule has 2 atom stereocenters. The average Bonchev–Trinajstić information content (AvgIpc) is 2.71. The lowest BCUT2D eigenvalue weighted by Gasteiger charge is -2.38. The number of hydrogen-bond acceptors (Lipinski definition) is 4. The third-order valence-electron chi connectivity index (χ3n) is 5.12. The molecule has 1 heterocycles. The van der Waals surface area contributed by atoms with Gasteiger partial charge in [0, 0.05) is 13.0 Å². The minimum atomic E-state index is -0.790. The van der Waals surface area contributed by atoms with E-state index in [-0.39, 0.29) is 18.6 Å². The van der Waals surface area contributed by atoms with Crippen LogP contribution in [0.5, 0.6) is 0 Å². The van der Waals surface area contributed by atoms with Crippen molar-refractivity contribution in [3.05, 3.63) is 71.3 Å². The monoisotopic (exact) mass is 410 g/mol. The van der Waals surface area contributed by atoms with Crippen molar-refractivity contribution >= 4 is 12.0 Å². The van der Waals surface area contributed by atoms with Crippen molar-refractivity contribution in [2.24, 2.45) is 0 Å². The first kappa shape index (κ1) is 21.8. The molecular weight excluding hydrogens is 380 g/mol. The normalized spacial score (nSPS) is 17.1. The first-order valence-corrected chi connectivity index (χ1v) is 10.3. The Morgan fingerprint density at radius 1 is 1.10 bits per heavy atom. The molecule has 0 saturated heterocycles. The standard InChI is InChI=1S/C24H30N2O4/c1-24(2,3)30-23(29)25-21(13-17-9-5-4-6-10-17)22(28)26-15-19-12-8-7-11-18(19)14-20(26)16-27/h4-12,20-21,27H,13-16H2,1-3H3,(H,25,29)/t20-,21?/m0/s1. The van der Waals surface area contributed by atoms with Crippen LogP contribution in [0.2, 0.25) is 0 Å². The molecule has 2 N–H and O–H groups in total. The molecule has 1 aliphatic heterocycles. The molecule has 0 aromatic heterocycles. The Hall–Kier alpha value is -2.86. The lowest BCUT2D eigenvalue weighted by molar-refractivity contribution is -0.138. The summed E-state index contributed by atoms with van der Waals surface area (Å²) in [6.07, 6.45) is 0.299. The third kappa shape index (κ3) is 5.60. The first-order chi connectivity index (χ1) is 14.3. The van der Waals surface area contributed by atoms with Gasteiger partial charge in [-0.15, -0.1) is 0 Å². The second-order valence-electron chi connectivity index (χ2n) is 8.66. The Morgan fingerprint density at radius 3 is 2.37 bits per heavy atom. The van der Waals surface area contributed by atoms with Crippen molar-refractivity contribution in [3.63, 3.8) is 0 Å². The van der Waals surface area contributed by atoms with Crippen LogP contribution in [0.3, 0.4) is 0 Å². The molecule has 1 unspecified atom stereocenters. The van der Waals surface area contributed by atoms with Gasteiger partial charge in [0.05, 0.1) is 12.6 Å². The molecular formula is C24H30N2O4. The van der Waals surface area contributed by atoms with E-state index in [1.54, 1.807) is 25.7 Å². The number of alkyl carbamates (subject to hydrolysis) is 1. The number of aliphatic hydroxyl groups excluding tert-OH is 1. The van der Waals surface area contributed by atoms with Crippen molar-refractivity contribution in [2.45, 2.75) is 57.8 Å². The Bertz CT molecular complexity index is 876. The fourth-order valence-electron chi connectivity index (χ4n) is 3.71. The predicted molar refractivity (Wildman–Crippen MR) is 115 cm³/mol. The fraction of sp³-hybridized carbons (Fsp3) is 0.417. The molecule has 0 radical (unpaired) electrons. The van der Waals surface area contributed by atoms with Gasteiger partial charge in [-0.3, -0.25) is 4.79 Å². The lowest BCUT2D eigenvalue weighted by atomic mass is 9.93. The molecule has 2 aromatic rings. The van der Waals surface area contributed by atoms with Gasteiger partial charge in [-0.2, -0.15) is 0 Å². The Balaban J connectivity index is 1.83. The van der Waals surface area contributed by atoms with E-state index in [1.807, 2.05) is 54.6 Å². The third-order valence-corrected chi connectivity index (χ3v) is 5.12. The molecule has 2 aromatic carbocycles. The molecule has 6 nitrogen and oxygen atoms in total. The van der Waals surface area contributed by atoms with Crippen LogP contribution in [0.1, 0.15) is 37.5 Å². The second-order valence-corrected chi connectivity index (χ2v) is 8.66. The van der Waals surface area contributed by atoms with Gasteiger partial charge < -0.3 is 20.1 Å². The summed E-state index contributed by atoms with van der Waals surface area (Å²) in [7, 11) is 0.